The summed E-state index contributed by atoms with van der Waals surface area (Å²) in [7, 11) is 1.70. The molecule has 0 heterocycles. The van der Waals surface area contributed by atoms with E-state index >= 15 is 0 Å². The van der Waals surface area contributed by atoms with Crippen molar-refractivity contribution in [3.05, 3.63) is 29.8 Å². The molecular formula is C14H21NO2. The Morgan fingerprint density at radius 1 is 1.24 bits per heavy atom. The molecular weight excluding hydrogens is 214 g/mol. The molecule has 1 aliphatic carbocycles. The number of nitrogens with one attached hydrogen (secondary N) is 1. The van der Waals surface area contributed by atoms with Crippen molar-refractivity contribution in [1.29, 1.82) is 0 Å². The fourth-order valence-corrected chi connectivity index (χ4v) is 2.36. The predicted octanol–water partition coefficient (Wildman–Crippen LogP) is 2.55. The molecule has 1 fully saturated rings. The second kappa shape index (κ2) is 5.52. The van der Waals surface area contributed by atoms with Crippen molar-refractivity contribution in [2.75, 3.05) is 19.0 Å². The number of anilines is 1. The van der Waals surface area contributed by atoms with Gasteiger partial charge in [0, 0.05) is 19.3 Å². The Bertz CT molecular complexity index is 342. The highest BCUT2D eigenvalue weighted by Gasteiger charge is 2.30. The van der Waals surface area contributed by atoms with Crippen LogP contribution >= 0.6 is 0 Å². The van der Waals surface area contributed by atoms with Crippen molar-refractivity contribution in [3.63, 3.8) is 0 Å². The number of hydrogen-bond donors (Lipinski definition) is 2. The second-order valence-electron chi connectivity index (χ2n) is 4.91. The molecule has 94 valence electrons. The number of rotatable bonds is 5. The monoisotopic (exact) mass is 235 g/mol. The molecule has 0 aromatic heterocycles. The summed E-state index contributed by atoms with van der Waals surface area (Å²) in [5.41, 5.74) is 1.73. The van der Waals surface area contributed by atoms with Crippen LogP contribution in [-0.4, -0.2) is 24.4 Å². The molecule has 1 aromatic rings. The molecule has 0 saturated heterocycles. The number of benzene rings is 1. The van der Waals surface area contributed by atoms with Gasteiger partial charge in [0.1, 0.15) is 0 Å². The van der Waals surface area contributed by atoms with E-state index in [0.717, 1.165) is 36.9 Å². The highest BCUT2D eigenvalue weighted by molar-refractivity contribution is 5.44. The van der Waals surface area contributed by atoms with Gasteiger partial charge >= 0.3 is 0 Å². The molecule has 0 spiro atoms. The maximum absolute atomic E-state index is 10.2. The second-order valence-corrected chi connectivity index (χ2v) is 4.91. The summed E-state index contributed by atoms with van der Waals surface area (Å²) in [5.74, 6) is 0. The summed E-state index contributed by atoms with van der Waals surface area (Å²) in [5, 5.41) is 13.5. The highest BCUT2D eigenvalue weighted by Crippen LogP contribution is 2.29. The molecule has 1 aromatic carbocycles. The normalized spacial score (nSPS) is 18.2. The van der Waals surface area contributed by atoms with Gasteiger partial charge in [0.15, 0.2) is 0 Å². The minimum Gasteiger partial charge on any atom is -0.388 e. The Hall–Kier alpha value is -1.06. The zero-order valence-corrected chi connectivity index (χ0v) is 10.4. The molecule has 17 heavy (non-hydrogen) atoms. The average molecular weight is 235 g/mol. The molecule has 3 heteroatoms. The lowest BCUT2D eigenvalue weighted by atomic mass is 10.0. The van der Waals surface area contributed by atoms with Crippen LogP contribution in [-0.2, 0) is 11.3 Å². The summed E-state index contributed by atoms with van der Waals surface area (Å²) in [6.45, 7) is 1.29. The minimum absolute atomic E-state index is 0.495. The van der Waals surface area contributed by atoms with E-state index < -0.39 is 5.60 Å². The smallest absolute Gasteiger partial charge is 0.0819 e. The van der Waals surface area contributed by atoms with Crippen LogP contribution in [0.5, 0.6) is 0 Å². The van der Waals surface area contributed by atoms with E-state index in [2.05, 4.69) is 5.32 Å². The summed E-state index contributed by atoms with van der Waals surface area (Å²) in [4.78, 5) is 0. The Balaban J connectivity index is 1.86. The van der Waals surface area contributed by atoms with Crippen LogP contribution < -0.4 is 5.32 Å². The zero-order chi connectivity index (χ0) is 12.1. The standard InChI is InChI=1S/C14H21NO2/c1-17-10-12-4-6-13(7-5-12)15-11-14(16)8-2-3-9-14/h4-7,15-16H,2-3,8-11H2,1H3. The SMILES string of the molecule is COCc1ccc(NCC2(O)CCCC2)cc1. The third-order valence-electron chi connectivity index (χ3n) is 3.42. The van der Waals surface area contributed by atoms with E-state index in [4.69, 9.17) is 4.74 Å². The zero-order valence-electron chi connectivity index (χ0n) is 10.4. The number of hydrogen-bond acceptors (Lipinski definition) is 3. The lowest BCUT2D eigenvalue weighted by molar-refractivity contribution is 0.0615. The summed E-state index contributed by atoms with van der Waals surface area (Å²) < 4.78 is 5.06. The Labute approximate surface area is 103 Å². The highest BCUT2D eigenvalue weighted by atomic mass is 16.5. The first-order chi connectivity index (χ1) is 8.22. The largest absolute Gasteiger partial charge is 0.388 e. The topological polar surface area (TPSA) is 41.5 Å². The molecule has 0 unspecified atom stereocenters. The van der Waals surface area contributed by atoms with Gasteiger partial charge in [-0.3, -0.25) is 0 Å². The maximum atomic E-state index is 10.2. The first-order valence-electron chi connectivity index (χ1n) is 6.26. The minimum atomic E-state index is -0.495. The lowest BCUT2D eigenvalue weighted by Gasteiger charge is -2.23. The van der Waals surface area contributed by atoms with Crippen LogP contribution in [0.4, 0.5) is 5.69 Å². The summed E-state index contributed by atoms with van der Waals surface area (Å²) >= 11 is 0. The van der Waals surface area contributed by atoms with Crippen LogP contribution in [0.15, 0.2) is 24.3 Å². The summed E-state index contributed by atoms with van der Waals surface area (Å²) in [6.07, 6.45) is 4.12. The molecule has 1 saturated carbocycles. The average Bonchev–Trinajstić information content (AvgIpc) is 2.76. The molecule has 0 amide bonds. The van der Waals surface area contributed by atoms with E-state index in [-0.39, 0.29) is 0 Å². The van der Waals surface area contributed by atoms with Gasteiger partial charge in [0.05, 0.1) is 12.2 Å². The number of ether oxygens (including phenoxy) is 1. The maximum Gasteiger partial charge on any atom is 0.0819 e. The third kappa shape index (κ3) is 3.45. The van der Waals surface area contributed by atoms with Crippen molar-refractivity contribution in [3.8, 4) is 0 Å². The van der Waals surface area contributed by atoms with Gasteiger partial charge in [-0.1, -0.05) is 25.0 Å². The van der Waals surface area contributed by atoms with Gasteiger partial charge in [-0.25, -0.2) is 0 Å². The van der Waals surface area contributed by atoms with E-state index in [1.807, 2.05) is 24.3 Å². The first kappa shape index (κ1) is 12.4. The van der Waals surface area contributed by atoms with Crippen LogP contribution in [0.25, 0.3) is 0 Å². The van der Waals surface area contributed by atoms with Crippen LogP contribution in [0.3, 0.4) is 0 Å². The molecule has 2 rings (SSSR count). The van der Waals surface area contributed by atoms with Crippen molar-refractivity contribution >= 4 is 5.69 Å². The van der Waals surface area contributed by atoms with Crippen molar-refractivity contribution in [2.24, 2.45) is 0 Å². The van der Waals surface area contributed by atoms with E-state index in [1.165, 1.54) is 0 Å². The van der Waals surface area contributed by atoms with Gasteiger partial charge in [0.25, 0.3) is 0 Å². The molecule has 3 nitrogen and oxygen atoms in total. The predicted molar refractivity (Wildman–Crippen MR) is 69.1 cm³/mol. The van der Waals surface area contributed by atoms with Crippen LogP contribution in [0.1, 0.15) is 31.2 Å². The Kier molecular flexibility index (Phi) is 4.02. The molecule has 0 bridgehead atoms. The van der Waals surface area contributed by atoms with Gasteiger partial charge in [-0.05, 0) is 30.5 Å². The first-order valence-corrected chi connectivity index (χ1v) is 6.26. The van der Waals surface area contributed by atoms with Crippen LogP contribution in [0.2, 0.25) is 0 Å². The fraction of sp³-hybridized carbons (Fsp3) is 0.571. The van der Waals surface area contributed by atoms with Gasteiger partial charge in [0.2, 0.25) is 0 Å². The van der Waals surface area contributed by atoms with E-state index in [9.17, 15) is 5.11 Å². The van der Waals surface area contributed by atoms with Gasteiger partial charge < -0.3 is 15.2 Å². The molecule has 0 atom stereocenters. The Morgan fingerprint density at radius 2 is 1.88 bits per heavy atom. The van der Waals surface area contributed by atoms with Crippen molar-refractivity contribution < 1.29 is 9.84 Å². The van der Waals surface area contributed by atoms with E-state index in [1.54, 1.807) is 7.11 Å². The lowest BCUT2D eigenvalue weighted by Crippen LogP contribution is -2.33. The van der Waals surface area contributed by atoms with Gasteiger partial charge in [-0.15, -0.1) is 0 Å². The fourth-order valence-electron chi connectivity index (χ4n) is 2.36. The number of aliphatic hydroxyl groups is 1. The van der Waals surface area contributed by atoms with Crippen molar-refractivity contribution in [2.45, 2.75) is 37.9 Å². The molecule has 0 radical (unpaired) electrons. The Morgan fingerprint density at radius 3 is 2.47 bits per heavy atom. The molecule has 0 aliphatic heterocycles. The molecule has 2 N–H and O–H groups in total. The number of methoxy groups -OCH3 is 1. The molecule has 1 aliphatic rings. The quantitative estimate of drug-likeness (QED) is 0.824. The van der Waals surface area contributed by atoms with Gasteiger partial charge in [-0.2, -0.15) is 0 Å². The third-order valence-corrected chi connectivity index (χ3v) is 3.42. The van der Waals surface area contributed by atoms with Crippen LogP contribution in [0, 0.1) is 0 Å². The van der Waals surface area contributed by atoms with E-state index in [0.29, 0.717) is 13.2 Å². The van der Waals surface area contributed by atoms with Crippen molar-refractivity contribution in [1.82, 2.24) is 0 Å². The summed E-state index contributed by atoms with van der Waals surface area (Å²) in [6, 6.07) is 8.16.